The molecule has 2 saturated heterocycles. The molecule has 4 heteroatoms. The van der Waals surface area contributed by atoms with Gasteiger partial charge in [-0.05, 0) is 31.4 Å². The Bertz CT molecular complexity index is 488. The normalized spacial score (nSPS) is 29.9. The lowest BCUT2D eigenvalue weighted by molar-refractivity contribution is -0.133. The number of hydrogen-bond acceptors (Lipinski definition) is 3. The molecule has 106 valence electrons. The van der Waals surface area contributed by atoms with E-state index in [-0.39, 0.29) is 11.9 Å². The van der Waals surface area contributed by atoms with Crippen LogP contribution in [-0.2, 0) is 11.3 Å². The first-order valence-corrected chi connectivity index (χ1v) is 7.35. The van der Waals surface area contributed by atoms with E-state index in [2.05, 4.69) is 16.9 Å². The van der Waals surface area contributed by atoms with Crippen molar-refractivity contribution in [2.24, 2.45) is 5.92 Å². The van der Waals surface area contributed by atoms with E-state index >= 15 is 0 Å². The third-order valence-corrected chi connectivity index (χ3v) is 4.36. The second kappa shape index (κ2) is 5.75. The summed E-state index contributed by atoms with van der Waals surface area (Å²) in [4.78, 5) is 18.9. The van der Waals surface area contributed by atoms with Crippen molar-refractivity contribution in [3.63, 3.8) is 0 Å². The van der Waals surface area contributed by atoms with Gasteiger partial charge >= 0.3 is 0 Å². The minimum atomic E-state index is -0.0255. The summed E-state index contributed by atoms with van der Waals surface area (Å²) in [6, 6.07) is 6.20. The molecule has 2 aliphatic heterocycles. The Morgan fingerprint density at radius 3 is 3.10 bits per heavy atom. The monoisotopic (exact) mass is 271 g/mol. The number of aromatic nitrogens is 1. The van der Waals surface area contributed by atoms with Gasteiger partial charge in [-0.3, -0.25) is 9.78 Å². The number of nitrogens with one attached hydrogen (secondary N) is 1. The zero-order valence-corrected chi connectivity index (χ0v) is 11.7. The quantitative estimate of drug-likeness (QED) is 0.852. The van der Waals surface area contributed by atoms with Crippen molar-refractivity contribution in [2.45, 2.75) is 37.9 Å². The summed E-state index contributed by atoms with van der Waals surface area (Å²) in [6.45, 7) is 5.28. The smallest absolute Gasteiger partial charge is 0.240 e. The first-order valence-electron chi connectivity index (χ1n) is 7.35. The molecule has 1 aromatic heterocycles. The van der Waals surface area contributed by atoms with Crippen LogP contribution < -0.4 is 5.32 Å². The summed E-state index contributed by atoms with van der Waals surface area (Å²) in [5, 5.41) is 3.50. The van der Waals surface area contributed by atoms with Crippen LogP contribution in [0.4, 0.5) is 0 Å². The highest BCUT2D eigenvalue weighted by Gasteiger charge is 2.37. The molecule has 1 aromatic rings. The number of carbonyl (C=O) groups excluding carboxylic acids is 1. The van der Waals surface area contributed by atoms with E-state index in [1.807, 2.05) is 29.2 Å². The highest BCUT2D eigenvalue weighted by molar-refractivity contribution is 5.82. The SMILES string of the molecule is C=C[C@H]1CN(Cc2ccccn2)C(=O)C2CCCC1N2. The van der Waals surface area contributed by atoms with Crippen molar-refractivity contribution in [3.05, 3.63) is 42.7 Å². The highest BCUT2D eigenvalue weighted by atomic mass is 16.2. The first-order chi connectivity index (χ1) is 9.78. The number of pyridine rings is 1. The van der Waals surface area contributed by atoms with Crippen molar-refractivity contribution in [1.82, 2.24) is 15.2 Å². The number of amides is 1. The molecule has 1 N–H and O–H groups in total. The average molecular weight is 271 g/mol. The molecule has 2 unspecified atom stereocenters. The van der Waals surface area contributed by atoms with Crippen LogP contribution in [0.5, 0.6) is 0 Å². The molecular formula is C16H21N3O. The number of hydrogen-bond donors (Lipinski definition) is 1. The maximum atomic E-state index is 12.6. The van der Waals surface area contributed by atoms with Crippen LogP contribution in [0.1, 0.15) is 25.0 Å². The minimum absolute atomic E-state index is 0.0255. The van der Waals surface area contributed by atoms with E-state index in [0.29, 0.717) is 18.5 Å². The molecule has 0 spiro atoms. The topological polar surface area (TPSA) is 45.2 Å². The Hall–Kier alpha value is -1.68. The van der Waals surface area contributed by atoms with Gasteiger partial charge in [0.2, 0.25) is 5.91 Å². The largest absolute Gasteiger partial charge is 0.335 e. The lowest BCUT2D eigenvalue weighted by Gasteiger charge is -2.29. The van der Waals surface area contributed by atoms with Gasteiger partial charge in [-0.1, -0.05) is 12.1 Å². The minimum Gasteiger partial charge on any atom is -0.335 e. The molecular weight excluding hydrogens is 250 g/mol. The highest BCUT2D eigenvalue weighted by Crippen LogP contribution is 2.26. The van der Waals surface area contributed by atoms with Crippen LogP contribution in [0, 0.1) is 5.92 Å². The predicted octanol–water partition coefficient (Wildman–Crippen LogP) is 1.74. The number of rotatable bonds is 3. The zero-order valence-electron chi connectivity index (χ0n) is 11.7. The van der Waals surface area contributed by atoms with E-state index in [0.717, 1.165) is 31.5 Å². The summed E-state index contributed by atoms with van der Waals surface area (Å²) in [6.07, 6.45) is 6.97. The first kappa shape index (κ1) is 13.3. The van der Waals surface area contributed by atoms with Crippen LogP contribution in [0.2, 0.25) is 0 Å². The molecule has 0 saturated carbocycles. The van der Waals surface area contributed by atoms with Crippen molar-refractivity contribution >= 4 is 5.91 Å². The Kier molecular flexibility index (Phi) is 3.83. The Morgan fingerprint density at radius 2 is 2.35 bits per heavy atom. The van der Waals surface area contributed by atoms with Crippen LogP contribution >= 0.6 is 0 Å². The fourth-order valence-corrected chi connectivity index (χ4v) is 3.26. The van der Waals surface area contributed by atoms with E-state index in [1.54, 1.807) is 6.20 Å². The summed E-state index contributed by atoms with van der Waals surface area (Å²) in [7, 11) is 0. The van der Waals surface area contributed by atoms with Gasteiger partial charge in [0, 0.05) is 24.7 Å². The van der Waals surface area contributed by atoms with Gasteiger partial charge < -0.3 is 10.2 Å². The van der Waals surface area contributed by atoms with Gasteiger partial charge in [-0.2, -0.15) is 0 Å². The molecule has 0 aliphatic carbocycles. The molecule has 0 aromatic carbocycles. The molecule has 20 heavy (non-hydrogen) atoms. The van der Waals surface area contributed by atoms with Gasteiger partial charge in [0.15, 0.2) is 0 Å². The van der Waals surface area contributed by atoms with Crippen LogP contribution in [0.25, 0.3) is 0 Å². The summed E-state index contributed by atoms with van der Waals surface area (Å²) in [5.41, 5.74) is 0.945. The van der Waals surface area contributed by atoms with Crippen molar-refractivity contribution in [2.75, 3.05) is 6.54 Å². The number of nitrogens with zero attached hydrogens (tertiary/aromatic N) is 2. The molecule has 1 amide bonds. The van der Waals surface area contributed by atoms with E-state index in [4.69, 9.17) is 0 Å². The van der Waals surface area contributed by atoms with E-state index < -0.39 is 0 Å². The maximum absolute atomic E-state index is 12.6. The van der Waals surface area contributed by atoms with Crippen LogP contribution in [0.3, 0.4) is 0 Å². The lowest BCUT2D eigenvalue weighted by atomic mass is 9.91. The third kappa shape index (κ3) is 2.61. The Morgan fingerprint density at radius 1 is 1.45 bits per heavy atom. The fourth-order valence-electron chi connectivity index (χ4n) is 3.26. The summed E-state index contributed by atoms with van der Waals surface area (Å²) >= 11 is 0. The number of piperidine rings is 1. The molecule has 3 atom stereocenters. The van der Waals surface area contributed by atoms with Crippen molar-refractivity contribution < 1.29 is 4.79 Å². The molecule has 2 fully saturated rings. The number of carbonyl (C=O) groups is 1. The Balaban J connectivity index is 1.81. The van der Waals surface area contributed by atoms with Gasteiger partial charge in [0.25, 0.3) is 0 Å². The Labute approximate surface area is 119 Å². The van der Waals surface area contributed by atoms with Crippen molar-refractivity contribution in [3.8, 4) is 0 Å². The summed E-state index contributed by atoms with van der Waals surface area (Å²) in [5.74, 6) is 0.540. The molecule has 4 nitrogen and oxygen atoms in total. The molecule has 0 radical (unpaired) electrons. The van der Waals surface area contributed by atoms with Gasteiger partial charge in [0.1, 0.15) is 0 Å². The maximum Gasteiger partial charge on any atom is 0.240 e. The second-order valence-corrected chi connectivity index (χ2v) is 5.70. The van der Waals surface area contributed by atoms with Gasteiger partial charge in [0.05, 0.1) is 18.3 Å². The second-order valence-electron chi connectivity index (χ2n) is 5.70. The summed E-state index contributed by atoms with van der Waals surface area (Å²) < 4.78 is 0. The van der Waals surface area contributed by atoms with Crippen LogP contribution in [0.15, 0.2) is 37.1 Å². The lowest BCUT2D eigenvalue weighted by Crippen LogP contribution is -2.48. The standard InChI is InChI=1S/C16H21N3O/c1-2-12-10-19(11-13-6-3-4-9-17-13)16(20)15-8-5-7-14(12)18-15/h2-4,6,9,12,14-15,18H,1,5,7-8,10-11H2/t12-,14?,15?/m0/s1. The molecule has 2 bridgehead atoms. The average Bonchev–Trinajstić information content (AvgIpc) is 2.59. The molecule has 3 rings (SSSR count). The number of fused-ring (bicyclic) bond motifs is 2. The van der Waals surface area contributed by atoms with E-state index in [9.17, 15) is 4.79 Å². The van der Waals surface area contributed by atoms with Crippen molar-refractivity contribution in [1.29, 1.82) is 0 Å². The van der Waals surface area contributed by atoms with E-state index in [1.165, 1.54) is 0 Å². The zero-order chi connectivity index (χ0) is 13.9. The predicted molar refractivity (Wildman–Crippen MR) is 77.9 cm³/mol. The van der Waals surface area contributed by atoms with Gasteiger partial charge in [-0.15, -0.1) is 6.58 Å². The van der Waals surface area contributed by atoms with Gasteiger partial charge in [-0.25, -0.2) is 0 Å². The molecule has 3 heterocycles. The van der Waals surface area contributed by atoms with Crippen LogP contribution in [-0.4, -0.2) is 34.4 Å². The fraction of sp³-hybridized carbons (Fsp3) is 0.500. The third-order valence-electron chi connectivity index (χ3n) is 4.36. The molecule has 2 aliphatic rings.